The van der Waals surface area contributed by atoms with E-state index in [2.05, 4.69) is 0 Å². The van der Waals surface area contributed by atoms with Crippen molar-refractivity contribution < 1.29 is 5.21 Å². The van der Waals surface area contributed by atoms with Crippen molar-refractivity contribution in [3.63, 3.8) is 0 Å². The van der Waals surface area contributed by atoms with E-state index in [-0.39, 0.29) is 12.1 Å². The molecule has 0 aromatic rings. The van der Waals surface area contributed by atoms with Gasteiger partial charge in [-0.2, -0.15) is 5.06 Å². The average Bonchev–Trinajstić information content (AvgIpc) is 2.06. The highest BCUT2D eigenvalue weighted by Crippen LogP contribution is 2.36. The quantitative estimate of drug-likeness (QED) is 0.478. The molecule has 1 fully saturated rings. The Labute approximate surface area is 73.5 Å². The maximum absolute atomic E-state index is 9.80. The smallest absolute Gasteiger partial charge is 0.0577 e. The maximum Gasteiger partial charge on any atom is 0.0577 e. The Morgan fingerprint density at radius 3 is 1.33 bits per heavy atom. The molecule has 0 aromatic carbocycles. The van der Waals surface area contributed by atoms with E-state index in [0.29, 0.717) is 0 Å². The van der Waals surface area contributed by atoms with Crippen LogP contribution in [-0.2, 0) is 0 Å². The molecule has 1 rings (SSSR count). The Bertz CT molecular complexity index is 171. The van der Waals surface area contributed by atoms with Crippen LogP contribution in [0.2, 0.25) is 0 Å². The normalized spacial score (nSPS) is 40.2. The summed E-state index contributed by atoms with van der Waals surface area (Å²) in [7, 11) is 0. The lowest BCUT2D eigenvalue weighted by Gasteiger charge is -2.35. The first-order chi connectivity index (χ1) is 5.22. The van der Waals surface area contributed by atoms with E-state index in [4.69, 9.17) is 11.5 Å². The van der Waals surface area contributed by atoms with Crippen LogP contribution >= 0.6 is 0 Å². The zero-order chi connectivity index (χ0) is 9.73. The molecule has 72 valence electrons. The van der Waals surface area contributed by atoms with Gasteiger partial charge in [-0.1, -0.05) is 0 Å². The molecule has 1 saturated heterocycles. The maximum atomic E-state index is 9.80. The van der Waals surface area contributed by atoms with Crippen LogP contribution in [0.1, 0.15) is 27.7 Å². The minimum Gasteiger partial charge on any atom is -0.325 e. The third-order valence-electron chi connectivity index (χ3n) is 3.11. The van der Waals surface area contributed by atoms with Gasteiger partial charge in [0.2, 0.25) is 0 Å². The monoisotopic (exact) mass is 173 g/mol. The van der Waals surface area contributed by atoms with Crippen molar-refractivity contribution in [3.05, 3.63) is 0 Å². The second-order valence-corrected chi connectivity index (χ2v) is 4.67. The van der Waals surface area contributed by atoms with Gasteiger partial charge in [-0.15, -0.1) is 0 Å². The Kier molecular flexibility index (Phi) is 2.00. The number of hydroxylamine groups is 2. The fourth-order valence-corrected chi connectivity index (χ4v) is 1.90. The van der Waals surface area contributed by atoms with Gasteiger partial charge in [0.1, 0.15) is 0 Å². The highest BCUT2D eigenvalue weighted by molar-refractivity contribution is 5.12. The van der Waals surface area contributed by atoms with Crippen LogP contribution in [0, 0.1) is 0 Å². The van der Waals surface area contributed by atoms with E-state index < -0.39 is 11.1 Å². The van der Waals surface area contributed by atoms with Crippen molar-refractivity contribution in [1.29, 1.82) is 0 Å². The van der Waals surface area contributed by atoms with E-state index in [1.807, 2.05) is 27.7 Å². The molecule has 0 aliphatic carbocycles. The SMILES string of the molecule is CC1(C)C(N)C(N)C(C)(C)N1O. The molecule has 0 radical (unpaired) electrons. The van der Waals surface area contributed by atoms with Gasteiger partial charge in [0, 0.05) is 12.1 Å². The van der Waals surface area contributed by atoms with Crippen molar-refractivity contribution in [1.82, 2.24) is 5.06 Å². The molecule has 5 N–H and O–H groups in total. The summed E-state index contributed by atoms with van der Waals surface area (Å²) in [5, 5.41) is 11.1. The lowest BCUT2D eigenvalue weighted by atomic mass is 9.90. The third-order valence-corrected chi connectivity index (χ3v) is 3.11. The summed E-state index contributed by atoms with van der Waals surface area (Å²) in [5.74, 6) is 0. The third kappa shape index (κ3) is 0.992. The molecule has 2 unspecified atom stereocenters. The number of rotatable bonds is 0. The predicted molar refractivity (Wildman–Crippen MR) is 47.7 cm³/mol. The highest BCUT2D eigenvalue weighted by Gasteiger charge is 2.55. The molecule has 1 heterocycles. The van der Waals surface area contributed by atoms with Gasteiger partial charge in [0.05, 0.1) is 11.1 Å². The topological polar surface area (TPSA) is 75.5 Å². The molecule has 1 aliphatic heterocycles. The Morgan fingerprint density at radius 2 is 1.25 bits per heavy atom. The van der Waals surface area contributed by atoms with Crippen molar-refractivity contribution in [2.24, 2.45) is 11.5 Å². The van der Waals surface area contributed by atoms with Gasteiger partial charge < -0.3 is 16.7 Å². The van der Waals surface area contributed by atoms with E-state index in [9.17, 15) is 5.21 Å². The first kappa shape index (κ1) is 9.92. The van der Waals surface area contributed by atoms with E-state index in [1.165, 1.54) is 5.06 Å². The molecular formula is C8H19N3O. The van der Waals surface area contributed by atoms with Gasteiger partial charge in [0.15, 0.2) is 0 Å². The second-order valence-electron chi connectivity index (χ2n) is 4.67. The fourth-order valence-electron chi connectivity index (χ4n) is 1.90. The number of hydrogen-bond donors (Lipinski definition) is 3. The number of nitrogens with zero attached hydrogens (tertiary/aromatic N) is 1. The molecule has 0 amide bonds. The van der Waals surface area contributed by atoms with Crippen molar-refractivity contribution in [2.45, 2.75) is 50.9 Å². The van der Waals surface area contributed by atoms with E-state index >= 15 is 0 Å². The number of nitrogens with two attached hydrogens (primary N) is 2. The minimum atomic E-state index is -0.442. The van der Waals surface area contributed by atoms with E-state index in [1.54, 1.807) is 0 Å². The Balaban J connectivity index is 3.03. The van der Waals surface area contributed by atoms with Crippen LogP contribution in [0.25, 0.3) is 0 Å². The molecule has 4 heteroatoms. The Hall–Kier alpha value is -0.160. The lowest BCUT2D eigenvalue weighted by Crippen LogP contribution is -2.51. The van der Waals surface area contributed by atoms with Crippen LogP contribution in [0.15, 0.2) is 0 Å². The molecule has 2 atom stereocenters. The summed E-state index contributed by atoms with van der Waals surface area (Å²) in [5.41, 5.74) is 10.9. The van der Waals surface area contributed by atoms with Crippen LogP contribution in [0.4, 0.5) is 0 Å². The molecule has 0 saturated carbocycles. The first-order valence-corrected chi connectivity index (χ1v) is 4.22. The van der Waals surface area contributed by atoms with Crippen molar-refractivity contribution >= 4 is 0 Å². The fraction of sp³-hybridized carbons (Fsp3) is 1.00. The standard InChI is InChI=1S/C8H19N3O/c1-7(2)5(9)6(10)8(3,4)11(7)12/h5-6,12H,9-10H2,1-4H3. The van der Waals surface area contributed by atoms with Crippen molar-refractivity contribution in [2.75, 3.05) is 0 Å². The molecule has 0 bridgehead atoms. The van der Waals surface area contributed by atoms with Gasteiger partial charge in [-0.25, -0.2) is 0 Å². The van der Waals surface area contributed by atoms with Gasteiger partial charge in [-0.05, 0) is 27.7 Å². The molecule has 12 heavy (non-hydrogen) atoms. The lowest BCUT2D eigenvalue weighted by molar-refractivity contribution is -0.194. The summed E-state index contributed by atoms with van der Waals surface area (Å²) in [6, 6.07) is -0.394. The molecule has 4 nitrogen and oxygen atoms in total. The highest BCUT2D eigenvalue weighted by atomic mass is 16.5. The van der Waals surface area contributed by atoms with Crippen LogP contribution in [0.5, 0.6) is 0 Å². The van der Waals surface area contributed by atoms with Crippen LogP contribution < -0.4 is 11.5 Å². The minimum absolute atomic E-state index is 0.197. The van der Waals surface area contributed by atoms with Crippen LogP contribution in [0.3, 0.4) is 0 Å². The molecule has 0 aromatic heterocycles. The zero-order valence-corrected chi connectivity index (χ0v) is 8.20. The summed E-state index contributed by atoms with van der Waals surface area (Å²) in [6.07, 6.45) is 0. The molecular weight excluding hydrogens is 154 g/mol. The number of hydrogen-bond acceptors (Lipinski definition) is 4. The van der Waals surface area contributed by atoms with Gasteiger partial charge >= 0.3 is 0 Å². The summed E-state index contributed by atoms with van der Waals surface area (Å²) < 4.78 is 0. The van der Waals surface area contributed by atoms with Gasteiger partial charge in [0.25, 0.3) is 0 Å². The summed E-state index contributed by atoms with van der Waals surface area (Å²) in [6.45, 7) is 7.58. The largest absolute Gasteiger partial charge is 0.325 e. The summed E-state index contributed by atoms with van der Waals surface area (Å²) in [4.78, 5) is 0. The summed E-state index contributed by atoms with van der Waals surface area (Å²) >= 11 is 0. The predicted octanol–water partition coefficient (Wildman–Crippen LogP) is -0.0970. The first-order valence-electron chi connectivity index (χ1n) is 4.22. The molecule has 1 aliphatic rings. The zero-order valence-electron chi connectivity index (χ0n) is 8.20. The van der Waals surface area contributed by atoms with E-state index in [0.717, 1.165) is 0 Å². The van der Waals surface area contributed by atoms with Gasteiger partial charge in [-0.3, -0.25) is 0 Å². The average molecular weight is 173 g/mol. The Morgan fingerprint density at radius 1 is 1.00 bits per heavy atom. The van der Waals surface area contributed by atoms with Crippen LogP contribution in [-0.4, -0.2) is 33.4 Å². The van der Waals surface area contributed by atoms with Crippen molar-refractivity contribution in [3.8, 4) is 0 Å². The second kappa shape index (κ2) is 2.42. The molecule has 0 spiro atoms.